The molecule has 0 aliphatic carbocycles. The quantitative estimate of drug-likeness (QED) is 0.814. The van der Waals surface area contributed by atoms with Crippen molar-refractivity contribution in [1.29, 1.82) is 0 Å². The molecule has 2 N–H and O–H groups in total. The number of aromatic nitrogens is 3. The number of carbonyl (C=O) groups is 1. The summed E-state index contributed by atoms with van der Waals surface area (Å²) in [5.41, 5.74) is 0.831. The molecular formula is C12H13FN4O. The largest absolute Gasteiger partial charge is 0.305 e. The first kappa shape index (κ1) is 12.2. The molecule has 1 amide bonds. The van der Waals surface area contributed by atoms with Crippen molar-refractivity contribution in [3.63, 3.8) is 0 Å². The van der Waals surface area contributed by atoms with Crippen LogP contribution in [-0.4, -0.2) is 21.1 Å². The molecule has 2 aromatic heterocycles. The van der Waals surface area contributed by atoms with Gasteiger partial charge in [-0.2, -0.15) is 9.49 Å². The maximum Gasteiger partial charge on any atom is 0.261 e. The van der Waals surface area contributed by atoms with E-state index in [2.05, 4.69) is 20.5 Å². The maximum atomic E-state index is 13.3. The predicted octanol–water partition coefficient (Wildman–Crippen LogP) is 2.15. The maximum absolute atomic E-state index is 13.3. The lowest BCUT2D eigenvalue weighted by Gasteiger charge is -2.01. The molecule has 0 unspecified atom stereocenters. The molecular weight excluding hydrogens is 235 g/mol. The molecule has 0 fully saturated rings. The molecule has 0 spiro atoms. The van der Waals surface area contributed by atoms with Gasteiger partial charge < -0.3 is 5.32 Å². The van der Waals surface area contributed by atoms with Crippen molar-refractivity contribution in [1.82, 2.24) is 15.2 Å². The number of aryl methyl sites for hydroxylation is 1. The summed E-state index contributed by atoms with van der Waals surface area (Å²) in [6.45, 7) is 2.05. The molecule has 0 aromatic carbocycles. The summed E-state index contributed by atoms with van der Waals surface area (Å²) in [6.07, 6.45) is 3.12. The zero-order valence-electron chi connectivity index (χ0n) is 9.90. The molecule has 0 saturated heterocycles. The molecule has 0 saturated carbocycles. The van der Waals surface area contributed by atoms with Crippen LogP contribution in [0.2, 0.25) is 0 Å². The first-order chi connectivity index (χ1) is 8.70. The minimum Gasteiger partial charge on any atom is -0.305 e. The molecule has 5 nitrogen and oxygen atoms in total. The number of carbonyl (C=O) groups excluding carboxylic acids is 1. The van der Waals surface area contributed by atoms with E-state index in [4.69, 9.17) is 0 Å². The molecule has 0 atom stereocenters. The van der Waals surface area contributed by atoms with Gasteiger partial charge >= 0.3 is 0 Å². The van der Waals surface area contributed by atoms with Crippen LogP contribution >= 0.6 is 0 Å². The molecule has 2 rings (SSSR count). The zero-order valence-corrected chi connectivity index (χ0v) is 9.90. The number of hydrogen-bond acceptors (Lipinski definition) is 3. The summed E-state index contributed by atoms with van der Waals surface area (Å²) in [4.78, 5) is 15.2. The van der Waals surface area contributed by atoms with Gasteiger partial charge in [0, 0.05) is 18.0 Å². The third-order valence-corrected chi connectivity index (χ3v) is 2.40. The van der Waals surface area contributed by atoms with Gasteiger partial charge in [-0.1, -0.05) is 13.3 Å². The van der Waals surface area contributed by atoms with Gasteiger partial charge in [-0.25, -0.2) is 4.98 Å². The highest BCUT2D eigenvalue weighted by atomic mass is 19.1. The lowest BCUT2D eigenvalue weighted by Crippen LogP contribution is -2.14. The second-order valence-electron chi connectivity index (χ2n) is 3.82. The zero-order chi connectivity index (χ0) is 13.0. The Balaban J connectivity index is 2.09. The number of halogens is 1. The molecule has 0 aliphatic rings. The number of rotatable bonds is 4. The van der Waals surface area contributed by atoms with Crippen LogP contribution in [-0.2, 0) is 6.42 Å². The molecule has 18 heavy (non-hydrogen) atoms. The minimum absolute atomic E-state index is 0.0995. The number of nitrogens with one attached hydrogen (secondary N) is 2. The van der Waals surface area contributed by atoms with Gasteiger partial charge in [-0.3, -0.25) is 9.89 Å². The Morgan fingerprint density at radius 1 is 1.56 bits per heavy atom. The van der Waals surface area contributed by atoms with E-state index in [1.807, 2.05) is 6.92 Å². The van der Waals surface area contributed by atoms with Crippen molar-refractivity contribution >= 4 is 11.7 Å². The first-order valence-corrected chi connectivity index (χ1v) is 5.67. The summed E-state index contributed by atoms with van der Waals surface area (Å²) in [7, 11) is 0. The summed E-state index contributed by atoms with van der Waals surface area (Å²) in [5.74, 6) is -0.971. The Hall–Kier alpha value is -2.24. The Kier molecular flexibility index (Phi) is 3.66. The number of hydrogen-bond donors (Lipinski definition) is 2. The van der Waals surface area contributed by atoms with Gasteiger partial charge in [-0.05, 0) is 18.6 Å². The van der Waals surface area contributed by atoms with Crippen LogP contribution in [0.15, 0.2) is 24.4 Å². The molecule has 0 radical (unpaired) electrons. The highest BCUT2D eigenvalue weighted by molar-refractivity contribution is 6.03. The van der Waals surface area contributed by atoms with Crippen LogP contribution in [0, 0.1) is 5.95 Å². The van der Waals surface area contributed by atoms with E-state index in [0.717, 1.165) is 18.5 Å². The lowest BCUT2D eigenvalue weighted by atomic mass is 10.2. The van der Waals surface area contributed by atoms with Crippen molar-refractivity contribution in [2.45, 2.75) is 19.8 Å². The lowest BCUT2D eigenvalue weighted by molar-refractivity contribution is 0.102. The SMILES string of the molecule is CCCc1cc(NC(=O)c2cccnc2F)n[nH]1. The number of nitrogens with zero attached hydrogens (tertiary/aromatic N) is 2. The Bertz CT molecular complexity index is 553. The molecule has 2 aromatic rings. The summed E-state index contributed by atoms with van der Waals surface area (Å²) >= 11 is 0. The summed E-state index contributed by atoms with van der Waals surface area (Å²) in [6, 6.07) is 4.61. The van der Waals surface area contributed by atoms with E-state index >= 15 is 0 Å². The smallest absolute Gasteiger partial charge is 0.261 e. The number of aromatic amines is 1. The highest BCUT2D eigenvalue weighted by Gasteiger charge is 2.13. The van der Waals surface area contributed by atoms with E-state index in [9.17, 15) is 9.18 Å². The van der Waals surface area contributed by atoms with Crippen LogP contribution < -0.4 is 5.32 Å². The summed E-state index contributed by atoms with van der Waals surface area (Å²) in [5, 5.41) is 9.25. The topological polar surface area (TPSA) is 70.7 Å². The third-order valence-electron chi connectivity index (χ3n) is 2.40. The van der Waals surface area contributed by atoms with Crippen LogP contribution in [0.1, 0.15) is 29.4 Å². The fourth-order valence-electron chi connectivity index (χ4n) is 1.56. The van der Waals surface area contributed by atoms with Gasteiger partial charge in [-0.15, -0.1) is 0 Å². The average molecular weight is 248 g/mol. The number of amides is 1. The Morgan fingerprint density at radius 3 is 3.11 bits per heavy atom. The predicted molar refractivity (Wildman–Crippen MR) is 64.7 cm³/mol. The number of anilines is 1. The molecule has 2 heterocycles. The normalized spacial score (nSPS) is 10.3. The second kappa shape index (κ2) is 5.39. The van der Waals surface area contributed by atoms with Gasteiger partial charge in [0.2, 0.25) is 5.95 Å². The van der Waals surface area contributed by atoms with Crippen molar-refractivity contribution in [3.8, 4) is 0 Å². The highest BCUT2D eigenvalue weighted by Crippen LogP contribution is 2.10. The van der Waals surface area contributed by atoms with E-state index in [1.165, 1.54) is 18.3 Å². The van der Waals surface area contributed by atoms with Crippen molar-refractivity contribution < 1.29 is 9.18 Å². The van der Waals surface area contributed by atoms with Gasteiger partial charge in [0.1, 0.15) is 0 Å². The monoisotopic (exact) mass is 248 g/mol. The van der Waals surface area contributed by atoms with Crippen molar-refractivity contribution in [2.24, 2.45) is 0 Å². The van der Waals surface area contributed by atoms with E-state index < -0.39 is 11.9 Å². The van der Waals surface area contributed by atoms with Crippen LogP contribution in [0.5, 0.6) is 0 Å². The van der Waals surface area contributed by atoms with E-state index in [-0.39, 0.29) is 5.56 Å². The fraction of sp³-hybridized carbons (Fsp3) is 0.250. The third kappa shape index (κ3) is 2.71. The molecule has 0 aliphatic heterocycles. The summed E-state index contributed by atoms with van der Waals surface area (Å²) < 4.78 is 13.3. The van der Waals surface area contributed by atoms with Crippen LogP contribution in [0.3, 0.4) is 0 Å². The van der Waals surface area contributed by atoms with Crippen molar-refractivity contribution in [2.75, 3.05) is 5.32 Å². The standard InChI is InChI=1S/C12H13FN4O/c1-2-4-8-7-10(17-16-8)15-12(18)9-5-3-6-14-11(9)13/h3,5-7H,2,4H2,1H3,(H2,15,16,17,18). The minimum atomic E-state index is -0.792. The van der Waals surface area contributed by atoms with Gasteiger partial charge in [0.15, 0.2) is 5.82 Å². The fourth-order valence-corrected chi connectivity index (χ4v) is 1.56. The molecule has 6 heteroatoms. The molecule has 94 valence electrons. The molecule has 0 bridgehead atoms. The van der Waals surface area contributed by atoms with Crippen LogP contribution in [0.4, 0.5) is 10.2 Å². The van der Waals surface area contributed by atoms with Gasteiger partial charge in [0.05, 0.1) is 5.56 Å². The Morgan fingerprint density at radius 2 is 2.39 bits per heavy atom. The number of pyridine rings is 1. The first-order valence-electron chi connectivity index (χ1n) is 5.67. The van der Waals surface area contributed by atoms with Gasteiger partial charge in [0.25, 0.3) is 5.91 Å². The number of H-pyrrole nitrogens is 1. The van der Waals surface area contributed by atoms with Crippen LogP contribution in [0.25, 0.3) is 0 Å². The second-order valence-corrected chi connectivity index (χ2v) is 3.82. The Labute approximate surface area is 103 Å². The average Bonchev–Trinajstić information content (AvgIpc) is 2.77. The van der Waals surface area contributed by atoms with Crippen molar-refractivity contribution in [3.05, 3.63) is 41.6 Å². The van der Waals surface area contributed by atoms with E-state index in [0.29, 0.717) is 5.82 Å². The van der Waals surface area contributed by atoms with E-state index in [1.54, 1.807) is 6.07 Å².